The van der Waals surface area contributed by atoms with E-state index in [0.717, 1.165) is 29.8 Å². The molecule has 1 N–H and O–H groups in total. The monoisotopic (exact) mass is 248 g/mol. The van der Waals surface area contributed by atoms with Crippen molar-refractivity contribution < 1.29 is 8.91 Å². The van der Waals surface area contributed by atoms with E-state index in [1.807, 2.05) is 13.0 Å². The molecule has 0 atom stereocenters. The van der Waals surface area contributed by atoms with E-state index in [-0.39, 0.29) is 5.82 Å². The molecule has 2 aromatic rings. The Labute approximate surface area is 106 Å². The van der Waals surface area contributed by atoms with E-state index in [2.05, 4.69) is 17.4 Å². The van der Waals surface area contributed by atoms with Crippen molar-refractivity contribution in [3.05, 3.63) is 41.3 Å². The highest BCUT2D eigenvalue weighted by Crippen LogP contribution is 2.26. The first-order valence-corrected chi connectivity index (χ1v) is 6.14. The molecule has 18 heavy (non-hydrogen) atoms. The molecule has 0 spiro atoms. The Balaban J connectivity index is 2.20. The summed E-state index contributed by atoms with van der Waals surface area (Å²) in [5.41, 5.74) is 2.56. The van der Waals surface area contributed by atoms with Gasteiger partial charge in [-0.15, -0.1) is 0 Å². The maximum Gasteiger partial charge on any atom is 0.170 e. The molecule has 1 heterocycles. The van der Waals surface area contributed by atoms with Crippen LogP contribution in [0.4, 0.5) is 4.39 Å². The zero-order chi connectivity index (χ0) is 13.0. The number of benzene rings is 1. The summed E-state index contributed by atoms with van der Waals surface area (Å²) >= 11 is 0. The predicted molar refractivity (Wildman–Crippen MR) is 68.6 cm³/mol. The third-order valence-electron chi connectivity index (χ3n) is 2.83. The minimum Gasteiger partial charge on any atom is -0.356 e. The fourth-order valence-electron chi connectivity index (χ4n) is 1.82. The fourth-order valence-corrected chi connectivity index (χ4v) is 1.82. The predicted octanol–water partition coefficient (Wildman–Crippen LogP) is 3.29. The van der Waals surface area contributed by atoms with E-state index in [1.54, 1.807) is 6.07 Å². The maximum absolute atomic E-state index is 13.2. The zero-order valence-corrected chi connectivity index (χ0v) is 10.7. The summed E-state index contributed by atoms with van der Waals surface area (Å²) in [6.07, 6.45) is 1.08. The molecule has 1 aromatic carbocycles. The van der Waals surface area contributed by atoms with Crippen molar-refractivity contribution >= 4 is 0 Å². The average molecular weight is 248 g/mol. The van der Waals surface area contributed by atoms with Crippen LogP contribution in [0.2, 0.25) is 0 Å². The third kappa shape index (κ3) is 2.76. The van der Waals surface area contributed by atoms with Crippen LogP contribution in [-0.2, 0) is 6.54 Å². The van der Waals surface area contributed by atoms with E-state index in [9.17, 15) is 4.39 Å². The Morgan fingerprint density at radius 2 is 2.22 bits per heavy atom. The number of nitrogens with zero attached hydrogens (tertiary/aromatic N) is 1. The highest BCUT2D eigenvalue weighted by Gasteiger charge is 2.13. The van der Waals surface area contributed by atoms with Gasteiger partial charge in [0.05, 0.1) is 0 Å². The minimum absolute atomic E-state index is 0.269. The molecule has 0 radical (unpaired) electrons. The highest BCUT2D eigenvalue weighted by atomic mass is 19.1. The van der Waals surface area contributed by atoms with Crippen LogP contribution in [0.1, 0.15) is 24.6 Å². The van der Waals surface area contributed by atoms with Crippen molar-refractivity contribution in [2.45, 2.75) is 26.8 Å². The molecule has 0 aliphatic rings. The molecule has 2 rings (SSSR count). The third-order valence-corrected chi connectivity index (χ3v) is 2.83. The summed E-state index contributed by atoms with van der Waals surface area (Å²) < 4.78 is 18.5. The van der Waals surface area contributed by atoms with Crippen molar-refractivity contribution in [1.29, 1.82) is 0 Å². The van der Waals surface area contributed by atoms with Crippen LogP contribution in [0.3, 0.4) is 0 Å². The minimum atomic E-state index is -0.269. The summed E-state index contributed by atoms with van der Waals surface area (Å²) in [4.78, 5) is 0. The molecular formula is C14H17FN2O. The summed E-state index contributed by atoms with van der Waals surface area (Å²) in [6.45, 7) is 5.68. The van der Waals surface area contributed by atoms with Crippen LogP contribution >= 0.6 is 0 Å². The molecule has 3 nitrogen and oxygen atoms in total. The molecule has 1 aromatic heterocycles. The fraction of sp³-hybridized carbons (Fsp3) is 0.357. The van der Waals surface area contributed by atoms with Gasteiger partial charge in [-0.2, -0.15) is 0 Å². The summed E-state index contributed by atoms with van der Waals surface area (Å²) in [7, 11) is 0. The van der Waals surface area contributed by atoms with Gasteiger partial charge in [-0.05, 0) is 32.0 Å². The number of hydrogen-bond acceptors (Lipinski definition) is 3. The molecule has 4 heteroatoms. The van der Waals surface area contributed by atoms with E-state index >= 15 is 0 Å². The molecule has 0 aliphatic carbocycles. The highest BCUT2D eigenvalue weighted by molar-refractivity contribution is 5.61. The van der Waals surface area contributed by atoms with Gasteiger partial charge in [-0.3, -0.25) is 0 Å². The second-order valence-corrected chi connectivity index (χ2v) is 4.27. The van der Waals surface area contributed by atoms with Crippen LogP contribution in [0, 0.1) is 12.7 Å². The van der Waals surface area contributed by atoms with E-state index in [4.69, 9.17) is 4.52 Å². The lowest BCUT2D eigenvalue weighted by Gasteiger charge is -2.00. The molecule has 0 fully saturated rings. The lowest BCUT2D eigenvalue weighted by atomic mass is 10.1. The summed E-state index contributed by atoms with van der Waals surface area (Å²) in [6, 6.07) is 6.36. The Morgan fingerprint density at radius 1 is 1.39 bits per heavy atom. The molecule has 0 saturated heterocycles. The van der Waals surface area contributed by atoms with Crippen LogP contribution in [0.5, 0.6) is 0 Å². The van der Waals surface area contributed by atoms with E-state index in [1.165, 1.54) is 12.1 Å². The van der Waals surface area contributed by atoms with Gasteiger partial charge in [0.2, 0.25) is 0 Å². The van der Waals surface area contributed by atoms with Crippen molar-refractivity contribution in [2.75, 3.05) is 6.54 Å². The Morgan fingerprint density at radius 3 is 2.94 bits per heavy atom. The number of nitrogens with one attached hydrogen (secondary N) is 1. The molecule has 0 bridgehead atoms. The first-order chi connectivity index (χ1) is 8.72. The molecular weight excluding hydrogens is 231 g/mol. The van der Waals surface area contributed by atoms with Gasteiger partial charge in [0.1, 0.15) is 11.5 Å². The van der Waals surface area contributed by atoms with Gasteiger partial charge in [0.15, 0.2) is 5.76 Å². The summed E-state index contributed by atoms with van der Waals surface area (Å²) in [5, 5.41) is 7.31. The van der Waals surface area contributed by atoms with Crippen LogP contribution in [0.25, 0.3) is 11.3 Å². The van der Waals surface area contributed by atoms with Gasteiger partial charge in [0.25, 0.3) is 0 Å². The second-order valence-electron chi connectivity index (χ2n) is 4.27. The molecule has 0 saturated carbocycles. The first kappa shape index (κ1) is 12.8. The SMILES string of the molecule is CCCNCc1noc(-c2cccc(F)c2)c1C. The van der Waals surface area contributed by atoms with Crippen molar-refractivity contribution in [3.8, 4) is 11.3 Å². The largest absolute Gasteiger partial charge is 0.356 e. The number of hydrogen-bond donors (Lipinski definition) is 1. The zero-order valence-electron chi connectivity index (χ0n) is 10.7. The summed E-state index contributed by atoms with van der Waals surface area (Å²) in [5.74, 6) is 0.372. The number of aromatic nitrogens is 1. The standard InChI is InChI=1S/C14H17FN2O/c1-3-7-16-9-13-10(2)14(18-17-13)11-5-4-6-12(15)8-11/h4-6,8,16H,3,7,9H2,1-2H3. The topological polar surface area (TPSA) is 38.1 Å². The Bertz CT molecular complexity index is 522. The molecule has 0 aliphatic heterocycles. The van der Waals surface area contributed by atoms with Crippen LogP contribution < -0.4 is 5.32 Å². The van der Waals surface area contributed by atoms with Crippen molar-refractivity contribution in [1.82, 2.24) is 10.5 Å². The average Bonchev–Trinajstić information content (AvgIpc) is 2.72. The van der Waals surface area contributed by atoms with Gasteiger partial charge in [-0.25, -0.2) is 4.39 Å². The van der Waals surface area contributed by atoms with Gasteiger partial charge < -0.3 is 9.84 Å². The number of rotatable bonds is 5. The maximum atomic E-state index is 13.2. The normalized spacial score (nSPS) is 10.8. The van der Waals surface area contributed by atoms with Gasteiger partial charge in [0, 0.05) is 17.7 Å². The van der Waals surface area contributed by atoms with Crippen molar-refractivity contribution in [3.63, 3.8) is 0 Å². The Hall–Kier alpha value is -1.68. The quantitative estimate of drug-likeness (QED) is 0.825. The van der Waals surface area contributed by atoms with Crippen LogP contribution in [0.15, 0.2) is 28.8 Å². The van der Waals surface area contributed by atoms with E-state index < -0.39 is 0 Å². The smallest absolute Gasteiger partial charge is 0.170 e. The Kier molecular flexibility index (Phi) is 4.10. The molecule has 0 unspecified atom stereocenters. The van der Waals surface area contributed by atoms with E-state index in [0.29, 0.717) is 12.3 Å². The molecule has 96 valence electrons. The number of halogens is 1. The first-order valence-electron chi connectivity index (χ1n) is 6.14. The molecule has 0 amide bonds. The van der Waals surface area contributed by atoms with Crippen LogP contribution in [-0.4, -0.2) is 11.7 Å². The second kappa shape index (κ2) is 5.78. The lowest BCUT2D eigenvalue weighted by Crippen LogP contribution is -2.14. The lowest BCUT2D eigenvalue weighted by molar-refractivity contribution is 0.419. The van der Waals surface area contributed by atoms with Gasteiger partial charge in [-0.1, -0.05) is 24.2 Å². The van der Waals surface area contributed by atoms with Gasteiger partial charge >= 0.3 is 0 Å². The van der Waals surface area contributed by atoms with Crippen molar-refractivity contribution in [2.24, 2.45) is 0 Å².